The second kappa shape index (κ2) is 12.5. The van der Waals surface area contributed by atoms with E-state index in [-0.39, 0.29) is 42.7 Å². The van der Waals surface area contributed by atoms with Gasteiger partial charge in [-0.2, -0.15) is 5.26 Å². The second-order valence-corrected chi connectivity index (χ2v) is 14.6. The summed E-state index contributed by atoms with van der Waals surface area (Å²) in [6, 6.07) is 28.3. The molecule has 3 aromatic rings. The van der Waals surface area contributed by atoms with Gasteiger partial charge in [-0.3, -0.25) is 9.59 Å². The number of oxime groups is 1. The van der Waals surface area contributed by atoms with Crippen LogP contribution in [0.15, 0.2) is 90.1 Å². The number of rotatable bonds is 10. The summed E-state index contributed by atoms with van der Waals surface area (Å²) in [5.41, 5.74) is 1.74. The number of benzene rings is 3. The summed E-state index contributed by atoms with van der Waals surface area (Å²) in [6.45, 7) is 6.95. The topological polar surface area (TPSA) is 122 Å². The Morgan fingerprint density at radius 1 is 1.00 bits per heavy atom. The van der Waals surface area contributed by atoms with Crippen LogP contribution in [0.4, 0.5) is 0 Å². The molecule has 48 heavy (non-hydrogen) atoms. The van der Waals surface area contributed by atoms with Crippen molar-refractivity contribution in [3.05, 3.63) is 107 Å². The van der Waals surface area contributed by atoms with Crippen molar-refractivity contribution in [1.29, 1.82) is 5.26 Å². The number of amides is 2. The molecule has 1 saturated heterocycles. The highest BCUT2D eigenvalue weighted by Gasteiger charge is 2.68. The van der Waals surface area contributed by atoms with Crippen LogP contribution in [-0.2, 0) is 31.8 Å². The smallest absolute Gasteiger partial charge is 0.404 e. The maximum absolute atomic E-state index is 14.5. The Balaban J connectivity index is 1.11. The van der Waals surface area contributed by atoms with Crippen LogP contribution in [0.2, 0.25) is 0 Å². The van der Waals surface area contributed by atoms with Gasteiger partial charge in [0.1, 0.15) is 0 Å². The quantitative estimate of drug-likeness (QED) is 0.299. The van der Waals surface area contributed by atoms with Gasteiger partial charge in [-0.1, -0.05) is 85.7 Å². The summed E-state index contributed by atoms with van der Waals surface area (Å²) in [5.74, 6) is -0.124. The first-order valence-corrected chi connectivity index (χ1v) is 16.8. The maximum Gasteiger partial charge on any atom is 0.482 e. The molecule has 5 aliphatic rings. The summed E-state index contributed by atoms with van der Waals surface area (Å²) >= 11 is 0. The molecular weight excluding hydrogens is 603 g/mol. The second-order valence-electron chi connectivity index (χ2n) is 14.6. The molecule has 1 unspecified atom stereocenters. The van der Waals surface area contributed by atoms with E-state index in [0.717, 1.165) is 24.0 Å². The van der Waals surface area contributed by atoms with E-state index in [2.05, 4.69) is 42.6 Å². The lowest BCUT2D eigenvalue weighted by Crippen LogP contribution is -2.65. The van der Waals surface area contributed by atoms with Gasteiger partial charge in [0, 0.05) is 18.4 Å². The average Bonchev–Trinajstić information content (AvgIpc) is 3.69. The van der Waals surface area contributed by atoms with Crippen molar-refractivity contribution in [2.45, 2.75) is 76.1 Å². The predicted octanol–water partition coefficient (Wildman–Crippen LogP) is 5.04. The number of hydrogen-bond acceptors (Lipinski definition) is 7. The molecule has 3 saturated carbocycles. The van der Waals surface area contributed by atoms with Crippen LogP contribution < -0.4 is 10.6 Å². The fraction of sp³-hybridized carbons (Fsp3) is 0.421. The van der Waals surface area contributed by atoms with Gasteiger partial charge in [0.2, 0.25) is 5.60 Å². The Bertz CT molecular complexity index is 1760. The lowest BCUT2D eigenvalue weighted by molar-refractivity contribution is -0.199. The molecule has 3 aliphatic carbocycles. The van der Waals surface area contributed by atoms with Gasteiger partial charge in [0.05, 0.1) is 41.5 Å². The number of carbonyl (C=O) groups is 2. The molecule has 8 rings (SSSR count). The molecule has 0 spiro atoms. The molecule has 2 heterocycles. The van der Waals surface area contributed by atoms with E-state index in [1.165, 1.54) is 6.07 Å². The van der Waals surface area contributed by atoms with Crippen molar-refractivity contribution in [2.75, 3.05) is 6.54 Å². The number of carbonyl (C=O) groups excluding carboxylic acids is 2. The van der Waals surface area contributed by atoms with Gasteiger partial charge in [-0.15, -0.1) is 0 Å². The van der Waals surface area contributed by atoms with E-state index in [9.17, 15) is 14.9 Å². The number of hydrogen-bond donors (Lipinski definition) is 2. The summed E-state index contributed by atoms with van der Waals surface area (Å²) in [7, 11) is -0.627. The summed E-state index contributed by atoms with van der Waals surface area (Å²) in [6.07, 6.45) is 3.06. The minimum atomic E-state index is -1.34. The maximum atomic E-state index is 14.5. The average molecular weight is 645 g/mol. The summed E-state index contributed by atoms with van der Waals surface area (Å²) < 4.78 is 13.5. The van der Waals surface area contributed by atoms with Gasteiger partial charge < -0.3 is 24.8 Å². The van der Waals surface area contributed by atoms with Crippen LogP contribution in [0.5, 0.6) is 0 Å². The molecule has 4 fully saturated rings. The fourth-order valence-electron chi connectivity index (χ4n) is 8.33. The highest BCUT2D eigenvalue weighted by atomic mass is 16.7. The van der Waals surface area contributed by atoms with Crippen LogP contribution in [0.25, 0.3) is 0 Å². The molecule has 10 heteroatoms. The molecule has 2 aliphatic heterocycles. The standard InChI is InChI=1S/C38H41BN4O5/c1-36(2)29-19-31(36)37(3)32(20-29)46-39(47-37)33(18-25-11-6-4-7-12-25)42-35(45)38(21-26-13-8-5-9-14-26)22-30(43-48-38)24-41-34(44)28-16-10-15-27(17-28)23-40/h4-17,29,31-33H,18-22,24H2,1-3H3,(H,41,44)(H,42,45)/t29-,31-,32+,33-,37-,38?/m0/s1. The monoisotopic (exact) mass is 644 g/mol. The summed E-state index contributed by atoms with van der Waals surface area (Å²) in [5, 5.41) is 19.7. The molecule has 0 aromatic heterocycles. The molecule has 0 radical (unpaired) electrons. The lowest BCUT2D eigenvalue weighted by atomic mass is 9.43. The van der Waals surface area contributed by atoms with Crippen LogP contribution >= 0.6 is 0 Å². The van der Waals surface area contributed by atoms with Gasteiger partial charge >= 0.3 is 7.12 Å². The third-order valence-electron chi connectivity index (χ3n) is 11.2. The van der Waals surface area contributed by atoms with Crippen LogP contribution in [0, 0.1) is 28.6 Å². The first-order chi connectivity index (χ1) is 23.1. The number of nitrogens with zero attached hydrogens (tertiary/aromatic N) is 2. The van der Waals surface area contributed by atoms with Crippen molar-refractivity contribution >= 4 is 24.6 Å². The Morgan fingerprint density at radius 3 is 2.44 bits per heavy atom. The minimum Gasteiger partial charge on any atom is -0.404 e. The van der Waals surface area contributed by atoms with Gasteiger partial charge in [-0.25, -0.2) is 0 Å². The van der Waals surface area contributed by atoms with Gasteiger partial charge in [0.25, 0.3) is 11.8 Å². The molecule has 6 atom stereocenters. The van der Waals surface area contributed by atoms with Crippen molar-refractivity contribution in [3.8, 4) is 6.07 Å². The normalized spacial score (nSPS) is 28.6. The lowest BCUT2D eigenvalue weighted by Gasteiger charge is -2.64. The molecule has 246 valence electrons. The third-order valence-corrected chi connectivity index (χ3v) is 11.2. The Kier molecular flexibility index (Phi) is 8.38. The zero-order chi connectivity index (χ0) is 33.5. The van der Waals surface area contributed by atoms with Crippen molar-refractivity contribution in [1.82, 2.24) is 10.6 Å². The van der Waals surface area contributed by atoms with Crippen LogP contribution in [0.1, 0.15) is 67.1 Å². The highest BCUT2D eigenvalue weighted by Crippen LogP contribution is 2.65. The van der Waals surface area contributed by atoms with E-state index in [0.29, 0.717) is 35.1 Å². The first kappa shape index (κ1) is 32.1. The van der Waals surface area contributed by atoms with Crippen molar-refractivity contribution in [2.24, 2.45) is 22.4 Å². The van der Waals surface area contributed by atoms with Crippen molar-refractivity contribution < 1.29 is 23.7 Å². The third kappa shape index (κ3) is 5.90. The zero-order valence-electron chi connectivity index (χ0n) is 27.6. The largest absolute Gasteiger partial charge is 0.482 e. The molecular formula is C38H41BN4O5. The Morgan fingerprint density at radius 2 is 1.73 bits per heavy atom. The van der Waals surface area contributed by atoms with Crippen LogP contribution in [-0.4, -0.2) is 54.4 Å². The Hall–Kier alpha value is -4.46. The minimum absolute atomic E-state index is 0.0251. The highest BCUT2D eigenvalue weighted by molar-refractivity contribution is 6.48. The molecule has 3 aromatic carbocycles. The first-order valence-electron chi connectivity index (χ1n) is 16.8. The molecule has 2 N–H and O–H groups in total. The van der Waals surface area contributed by atoms with E-state index in [4.69, 9.17) is 14.1 Å². The number of nitriles is 1. The predicted molar refractivity (Wildman–Crippen MR) is 182 cm³/mol. The van der Waals surface area contributed by atoms with Crippen molar-refractivity contribution in [3.63, 3.8) is 0 Å². The van der Waals surface area contributed by atoms with E-state index >= 15 is 0 Å². The number of nitrogens with one attached hydrogen (secondary N) is 2. The Labute approximate surface area is 282 Å². The van der Waals surface area contributed by atoms with E-state index < -0.39 is 24.3 Å². The summed E-state index contributed by atoms with van der Waals surface area (Å²) in [4.78, 5) is 33.5. The van der Waals surface area contributed by atoms with E-state index in [1.54, 1.807) is 18.2 Å². The fourth-order valence-corrected chi connectivity index (χ4v) is 8.33. The van der Waals surface area contributed by atoms with Crippen LogP contribution in [0.3, 0.4) is 0 Å². The molecule has 2 amide bonds. The van der Waals surface area contributed by atoms with Gasteiger partial charge in [0.15, 0.2) is 0 Å². The molecule has 9 nitrogen and oxygen atoms in total. The zero-order valence-corrected chi connectivity index (χ0v) is 27.6. The molecule has 2 bridgehead atoms. The SMILES string of the molecule is CC1(C)[C@@H]2C[C@H]3OB([C@H](Cc4ccccc4)NC(=O)C4(Cc5ccccc5)CC(CNC(=O)c5cccc(C#N)c5)=NO4)O[C@@]3(C)[C@H]1C2. The van der Waals surface area contributed by atoms with E-state index in [1.807, 2.05) is 60.7 Å². The van der Waals surface area contributed by atoms with Gasteiger partial charge in [-0.05, 0) is 72.8 Å².